The number of β-amino-alcohol motifs (C(OH)–C–C–N with tert-alkyl or cyclic N) is 1. The number of carbonyl (C=O) groups is 2. The van der Waals surface area contributed by atoms with Gasteiger partial charge in [0.1, 0.15) is 36.8 Å². The Morgan fingerprint density at radius 3 is 2.45 bits per heavy atom. The number of aliphatic hydroxyl groups excluding tert-OH is 2. The number of alkyl halides is 3. The first kappa shape index (κ1) is 49.0. The second-order valence-electron chi connectivity index (χ2n) is 16.6. The van der Waals surface area contributed by atoms with Crippen LogP contribution in [0.2, 0.25) is 0 Å². The highest BCUT2D eigenvalue weighted by atomic mass is 79.9. The van der Waals surface area contributed by atoms with E-state index in [4.69, 9.17) is 13.9 Å². The van der Waals surface area contributed by atoms with Crippen molar-refractivity contribution in [3.05, 3.63) is 125 Å². The first-order valence-electron chi connectivity index (χ1n) is 21.4. The fourth-order valence-electron chi connectivity index (χ4n) is 7.89. The maximum atomic E-state index is 14.0. The van der Waals surface area contributed by atoms with Crippen molar-refractivity contribution in [3.8, 4) is 22.8 Å². The number of pyridine rings is 2. The molecule has 5 aromatic rings. The normalized spacial score (nSPS) is 18.8. The number of hydrogen-bond acceptors (Lipinski definition) is 12. The fraction of sp³-hybridized carbons (Fsp3) is 0.426. The van der Waals surface area contributed by atoms with Crippen LogP contribution in [-0.4, -0.2) is 117 Å². The number of aryl methyl sites for hydroxylation is 1. The molecule has 5 heterocycles. The van der Waals surface area contributed by atoms with Crippen LogP contribution in [0, 0.1) is 12.8 Å². The molecule has 18 heteroatoms. The molecule has 5 atom stereocenters. The summed E-state index contributed by atoms with van der Waals surface area (Å²) in [7, 11) is 0. The molecule has 65 heavy (non-hydrogen) atoms. The Hall–Kier alpha value is -5.40. The lowest BCUT2D eigenvalue weighted by atomic mass is 9.90. The molecule has 1 fully saturated rings. The van der Waals surface area contributed by atoms with Gasteiger partial charge in [-0.25, -0.2) is 4.98 Å². The zero-order chi connectivity index (χ0) is 46.7. The zero-order valence-electron chi connectivity index (χ0n) is 36.7. The molecule has 4 N–H and O–H groups in total. The fourth-order valence-corrected chi connectivity index (χ4v) is 8.37. The molecule has 2 amide bonds. The summed E-state index contributed by atoms with van der Waals surface area (Å²) < 4.78 is 58.3. The van der Waals surface area contributed by atoms with Gasteiger partial charge in [0, 0.05) is 66.3 Å². The number of piperazine rings is 1. The van der Waals surface area contributed by atoms with Crippen LogP contribution in [0.3, 0.4) is 0 Å². The van der Waals surface area contributed by atoms with E-state index in [9.17, 15) is 33.0 Å². The molecule has 0 spiro atoms. The molecular weight excluding hydrogens is 911 g/mol. The number of carbonyl (C=O) groups excluding carboxylic acids is 2. The van der Waals surface area contributed by atoms with E-state index in [-0.39, 0.29) is 39.1 Å². The molecule has 0 unspecified atom stereocenters. The number of ether oxygens (including phenoxy) is 2. The number of hydrogen-bond donors (Lipinski definition) is 4. The Morgan fingerprint density at radius 2 is 1.74 bits per heavy atom. The quantitative estimate of drug-likeness (QED) is 0.0910. The second kappa shape index (κ2) is 22.2. The van der Waals surface area contributed by atoms with E-state index in [2.05, 4.69) is 36.2 Å². The summed E-state index contributed by atoms with van der Waals surface area (Å²) in [5, 5.41) is 27.4. The summed E-state index contributed by atoms with van der Waals surface area (Å²) >= 11 is 3.30. The number of aliphatic hydroxyl groups is 2. The number of nitrogens with one attached hydrogen (secondary N) is 2. The van der Waals surface area contributed by atoms with Gasteiger partial charge < -0.3 is 34.7 Å². The summed E-state index contributed by atoms with van der Waals surface area (Å²) in [5.74, 6) is -0.113. The molecule has 0 aliphatic carbocycles. The van der Waals surface area contributed by atoms with Crippen LogP contribution < -0.4 is 20.1 Å². The monoisotopic (exact) mass is 965 g/mol. The van der Waals surface area contributed by atoms with Gasteiger partial charge in [-0.2, -0.15) is 13.2 Å². The van der Waals surface area contributed by atoms with E-state index in [1.165, 1.54) is 5.56 Å². The average molecular weight is 967 g/mol. The molecule has 0 saturated carbocycles. The number of para-hydroxylation sites is 1. The number of nitrogens with zero attached hydrogens (tertiary/aromatic N) is 5. The largest absolute Gasteiger partial charge is 0.492 e. The summed E-state index contributed by atoms with van der Waals surface area (Å²) in [5.41, 5.74) is 2.41. The topological polar surface area (TPSA) is 175 Å². The molecule has 2 aliphatic rings. The van der Waals surface area contributed by atoms with Gasteiger partial charge in [-0.3, -0.25) is 29.4 Å². The summed E-state index contributed by atoms with van der Waals surface area (Å²) in [6, 6.07) is 18.4. The Kier molecular flexibility index (Phi) is 16.7. The van der Waals surface area contributed by atoms with Crippen molar-refractivity contribution in [1.29, 1.82) is 0 Å². The van der Waals surface area contributed by atoms with Crippen LogP contribution in [0.4, 0.5) is 13.2 Å². The highest BCUT2D eigenvalue weighted by Crippen LogP contribution is 2.35. The van der Waals surface area contributed by atoms with Crippen molar-refractivity contribution >= 4 is 27.7 Å². The maximum absolute atomic E-state index is 14.0. The van der Waals surface area contributed by atoms with Crippen molar-refractivity contribution in [2.75, 3.05) is 45.9 Å². The summed E-state index contributed by atoms with van der Waals surface area (Å²) in [6.07, 6.45) is 1.82. The molecule has 0 radical (unpaired) electrons. The second-order valence-corrected chi connectivity index (χ2v) is 17.5. The number of aromatic nitrogens is 3. The van der Waals surface area contributed by atoms with Crippen LogP contribution in [0.5, 0.6) is 11.5 Å². The molecule has 348 valence electrons. The maximum Gasteiger partial charge on any atom is 0.405 e. The predicted molar refractivity (Wildman–Crippen MR) is 240 cm³/mol. The molecule has 2 aliphatic heterocycles. The number of rotatable bonds is 15. The van der Waals surface area contributed by atoms with Crippen LogP contribution in [0.15, 0.2) is 107 Å². The molecule has 14 nitrogen and oxygen atoms in total. The number of halogens is 4. The van der Waals surface area contributed by atoms with Gasteiger partial charge in [-0.15, -0.1) is 0 Å². The number of fused-ring (bicyclic) bond motifs is 1. The van der Waals surface area contributed by atoms with Crippen LogP contribution in [0.25, 0.3) is 11.3 Å². The lowest BCUT2D eigenvalue weighted by Crippen LogP contribution is -2.63. The molecule has 2 aromatic carbocycles. The van der Waals surface area contributed by atoms with Crippen molar-refractivity contribution in [1.82, 2.24) is 35.4 Å². The Balaban J connectivity index is 0.000000789. The zero-order valence-corrected chi connectivity index (χ0v) is 38.3. The molecule has 3 aromatic heterocycles. The smallest absolute Gasteiger partial charge is 0.405 e. The molecule has 1 saturated heterocycles. The minimum Gasteiger partial charge on any atom is -0.492 e. The minimum absolute atomic E-state index is 0.00250. The van der Waals surface area contributed by atoms with E-state index in [0.29, 0.717) is 47.4 Å². The van der Waals surface area contributed by atoms with E-state index >= 15 is 0 Å². The Labute approximate surface area is 384 Å². The first-order chi connectivity index (χ1) is 31.0. The molecular formula is C47H55BrF3N7O7. The Bertz CT molecular complexity index is 2320. The van der Waals surface area contributed by atoms with Crippen LogP contribution in [0.1, 0.15) is 55.8 Å². The lowest BCUT2D eigenvalue weighted by molar-refractivity contribution is -0.144. The van der Waals surface area contributed by atoms with E-state index in [1.807, 2.05) is 80.5 Å². The van der Waals surface area contributed by atoms with Gasteiger partial charge in [-0.1, -0.05) is 48.5 Å². The number of amides is 2. The predicted octanol–water partition coefficient (Wildman–Crippen LogP) is 6.41. The van der Waals surface area contributed by atoms with Crippen molar-refractivity contribution in [2.24, 2.45) is 5.92 Å². The number of benzene rings is 2. The molecule has 7 rings (SSSR count). The number of oxazole rings is 1. The SMILES string of the molecule is CCOc1cncc(-c2cnc(C(C)(C)N3CCN(C[C@@H](O)C[C@@H](Cc4ccccc4)C(=O)N[C@H]4c5ccccc5OC[C@H]4O)[C@H](C(=O)NCC(F)(F)F)C3)o2)c1.Cc1cncc(Br)c1. The van der Waals surface area contributed by atoms with E-state index in [0.717, 1.165) is 10.0 Å². The first-order valence-corrected chi connectivity index (χ1v) is 22.2. The van der Waals surface area contributed by atoms with Gasteiger partial charge in [0.25, 0.3) is 0 Å². The van der Waals surface area contributed by atoms with Gasteiger partial charge in [-0.05, 0) is 85.8 Å². The van der Waals surface area contributed by atoms with Crippen LogP contribution >= 0.6 is 15.9 Å². The van der Waals surface area contributed by atoms with Gasteiger partial charge >= 0.3 is 6.18 Å². The third-order valence-corrected chi connectivity index (χ3v) is 11.7. The van der Waals surface area contributed by atoms with Gasteiger partial charge in [0.15, 0.2) is 5.76 Å². The van der Waals surface area contributed by atoms with Crippen molar-refractivity contribution < 1.29 is 46.9 Å². The third kappa shape index (κ3) is 13.6. The van der Waals surface area contributed by atoms with Crippen molar-refractivity contribution in [2.45, 2.75) is 76.5 Å². The highest BCUT2D eigenvalue weighted by Gasteiger charge is 2.43. The average Bonchev–Trinajstić information content (AvgIpc) is 3.79. The van der Waals surface area contributed by atoms with E-state index in [1.54, 1.807) is 60.0 Å². The highest BCUT2D eigenvalue weighted by molar-refractivity contribution is 9.10. The van der Waals surface area contributed by atoms with Gasteiger partial charge in [0.05, 0.1) is 36.7 Å². The standard InChI is InChI=1S/C41H49F3N6O7.C6H6BrN/c1-4-55-30-18-28(19-45-20-30)35-21-46-39(57-35)40(2,3)50-15-14-49(32(23-50)38(54)47-25-41(42,43)44)22-29(51)17-27(16-26-10-6-5-7-11-26)37(53)48-36-31-12-8-9-13-34(31)56-24-33(36)52;1-5-2-6(7)4-8-3-5/h5-13,18-21,27,29,32-33,36,51-52H,4,14-17,22-25H2,1-3H3,(H,47,54)(H,48,53);2-4H,1H3/t27-,29+,32+,33-,36+;/m1./s1. The van der Waals surface area contributed by atoms with Crippen molar-refractivity contribution in [3.63, 3.8) is 0 Å². The van der Waals surface area contributed by atoms with Crippen LogP contribution in [-0.2, 0) is 21.5 Å². The minimum atomic E-state index is -4.63. The summed E-state index contributed by atoms with van der Waals surface area (Å²) in [6.45, 7) is 6.99. The molecule has 0 bridgehead atoms. The van der Waals surface area contributed by atoms with Gasteiger partial charge in [0.2, 0.25) is 17.7 Å². The van der Waals surface area contributed by atoms with E-state index < -0.39 is 60.3 Å². The Morgan fingerprint density at radius 1 is 1.00 bits per heavy atom. The summed E-state index contributed by atoms with van der Waals surface area (Å²) in [4.78, 5) is 43.8. The third-order valence-electron chi connectivity index (χ3n) is 11.3. The lowest BCUT2D eigenvalue weighted by Gasteiger charge is -2.46.